The number of carbonyl (C=O) groups is 1. The van der Waals surface area contributed by atoms with Crippen molar-refractivity contribution >= 4 is 12.0 Å². The standard InChI is InChI=1S/C31H40O4/c1-5-31(6-2,25-10-9-24(22(3)19-25)15-18-30(33)16-7-8-17-30)26-11-13-28(23(4)20-26)34-21-27-12-14-29(32)35-27/h9-11,13,15,18-20,27,33H,5-8,12,14,16-17,21H2,1-4H3/t27-/m0/s1. The highest BCUT2D eigenvalue weighted by Gasteiger charge is 2.32. The van der Waals surface area contributed by atoms with Gasteiger partial charge in [-0.15, -0.1) is 0 Å². The Morgan fingerprint density at radius 1 is 1.06 bits per heavy atom. The summed E-state index contributed by atoms with van der Waals surface area (Å²) in [5.74, 6) is 0.715. The molecule has 2 aromatic rings. The van der Waals surface area contributed by atoms with Gasteiger partial charge in [-0.1, -0.05) is 69.2 Å². The van der Waals surface area contributed by atoms with Crippen LogP contribution in [0.1, 0.15) is 93.0 Å². The first kappa shape index (κ1) is 25.5. The quantitative estimate of drug-likeness (QED) is 0.404. The van der Waals surface area contributed by atoms with Gasteiger partial charge in [0.1, 0.15) is 18.5 Å². The van der Waals surface area contributed by atoms with E-state index in [4.69, 9.17) is 9.47 Å². The van der Waals surface area contributed by atoms with E-state index in [0.29, 0.717) is 13.0 Å². The van der Waals surface area contributed by atoms with Crippen LogP contribution in [-0.2, 0) is 14.9 Å². The maximum Gasteiger partial charge on any atom is 0.306 e. The third-order valence-electron chi connectivity index (χ3n) is 8.19. The van der Waals surface area contributed by atoms with Crippen LogP contribution in [0.4, 0.5) is 0 Å². The number of rotatable bonds is 9. The second-order valence-corrected chi connectivity index (χ2v) is 10.4. The molecule has 0 bridgehead atoms. The second-order valence-electron chi connectivity index (χ2n) is 10.4. The Morgan fingerprint density at radius 2 is 1.71 bits per heavy atom. The van der Waals surface area contributed by atoms with Gasteiger partial charge >= 0.3 is 5.97 Å². The summed E-state index contributed by atoms with van der Waals surface area (Å²) >= 11 is 0. The van der Waals surface area contributed by atoms with Crippen LogP contribution < -0.4 is 4.74 Å². The summed E-state index contributed by atoms with van der Waals surface area (Å²) in [4.78, 5) is 11.4. The van der Waals surface area contributed by atoms with Crippen molar-refractivity contribution in [1.29, 1.82) is 0 Å². The van der Waals surface area contributed by atoms with E-state index in [0.717, 1.165) is 56.3 Å². The number of hydrogen-bond acceptors (Lipinski definition) is 4. The van der Waals surface area contributed by atoms with Gasteiger partial charge in [-0.3, -0.25) is 4.79 Å². The Balaban J connectivity index is 1.55. The van der Waals surface area contributed by atoms with Gasteiger partial charge in [-0.2, -0.15) is 0 Å². The first-order chi connectivity index (χ1) is 16.8. The van der Waals surface area contributed by atoms with Gasteiger partial charge in [-0.25, -0.2) is 0 Å². The number of aliphatic hydroxyl groups is 1. The lowest BCUT2D eigenvalue weighted by Crippen LogP contribution is -2.26. The normalized spacial score (nSPS) is 19.9. The molecule has 1 saturated carbocycles. The van der Waals surface area contributed by atoms with E-state index < -0.39 is 5.60 Å². The van der Waals surface area contributed by atoms with Crippen LogP contribution in [0.5, 0.6) is 5.75 Å². The van der Waals surface area contributed by atoms with Gasteiger partial charge in [0.15, 0.2) is 0 Å². The molecule has 4 rings (SSSR count). The number of benzene rings is 2. The van der Waals surface area contributed by atoms with E-state index in [2.05, 4.69) is 70.2 Å². The minimum atomic E-state index is -0.636. The average Bonchev–Trinajstić information content (AvgIpc) is 3.47. The molecule has 2 fully saturated rings. The largest absolute Gasteiger partial charge is 0.489 e. The molecule has 2 aromatic carbocycles. The van der Waals surface area contributed by atoms with Crippen LogP contribution in [0.25, 0.3) is 6.08 Å². The van der Waals surface area contributed by atoms with E-state index in [9.17, 15) is 9.90 Å². The van der Waals surface area contributed by atoms with E-state index in [-0.39, 0.29) is 17.5 Å². The lowest BCUT2D eigenvalue weighted by molar-refractivity contribution is -0.142. The first-order valence-corrected chi connectivity index (χ1v) is 13.2. The molecule has 188 valence electrons. The molecule has 4 nitrogen and oxygen atoms in total. The van der Waals surface area contributed by atoms with Crippen molar-refractivity contribution in [3.63, 3.8) is 0 Å². The number of hydrogen-bond donors (Lipinski definition) is 1. The number of carbonyl (C=O) groups excluding carboxylic acids is 1. The highest BCUT2D eigenvalue weighted by molar-refractivity contribution is 5.71. The van der Waals surface area contributed by atoms with Crippen LogP contribution >= 0.6 is 0 Å². The van der Waals surface area contributed by atoms with Crippen molar-refractivity contribution < 1.29 is 19.4 Å². The third-order valence-corrected chi connectivity index (χ3v) is 8.19. The molecular weight excluding hydrogens is 436 g/mol. The van der Waals surface area contributed by atoms with Crippen molar-refractivity contribution in [2.75, 3.05) is 6.61 Å². The van der Waals surface area contributed by atoms with Gasteiger partial charge in [0.2, 0.25) is 0 Å². The van der Waals surface area contributed by atoms with Crippen LogP contribution in [-0.4, -0.2) is 29.4 Å². The molecule has 35 heavy (non-hydrogen) atoms. The predicted molar refractivity (Wildman–Crippen MR) is 141 cm³/mol. The van der Waals surface area contributed by atoms with Gasteiger partial charge in [-0.05, 0) is 79.8 Å². The zero-order valence-corrected chi connectivity index (χ0v) is 21.7. The van der Waals surface area contributed by atoms with Crippen LogP contribution in [0, 0.1) is 13.8 Å². The van der Waals surface area contributed by atoms with E-state index in [1.165, 1.54) is 22.3 Å². The second kappa shape index (κ2) is 10.6. The van der Waals surface area contributed by atoms with Crippen LogP contribution in [0.3, 0.4) is 0 Å². The first-order valence-electron chi connectivity index (χ1n) is 13.2. The van der Waals surface area contributed by atoms with Crippen molar-refractivity contribution in [3.05, 3.63) is 70.3 Å². The smallest absolute Gasteiger partial charge is 0.306 e. The summed E-state index contributed by atoms with van der Waals surface area (Å²) in [6.45, 7) is 9.17. The molecule has 0 amide bonds. The lowest BCUT2D eigenvalue weighted by atomic mass is 9.70. The highest BCUT2D eigenvalue weighted by Crippen LogP contribution is 2.41. The Bertz CT molecular complexity index is 1070. The fraction of sp³-hybridized carbons (Fsp3) is 0.516. The number of aryl methyl sites for hydroxylation is 2. The number of esters is 1. The summed E-state index contributed by atoms with van der Waals surface area (Å²) in [6, 6.07) is 13.3. The maximum absolute atomic E-state index is 11.4. The molecule has 1 atom stereocenters. The van der Waals surface area contributed by atoms with Gasteiger partial charge < -0.3 is 14.6 Å². The van der Waals surface area contributed by atoms with Crippen molar-refractivity contribution in [2.45, 2.75) is 96.2 Å². The topological polar surface area (TPSA) is 55.8 Å². The summed E-state index contributed by atoms with van der Waals surface area (Å²) in [7, 11) is 0. The van der Waals surface area contributed by atoms with E-state index in [1.54, 1.807) is 0 Å². The maximum atomic E-state index is 11.4. The van der Waals surface area contributed by atoms with E-state index >= 15 is 0 Å². The predicted octanol–water partition coefficient (Wildman–Crippen LogP) is 6.81. The SMILES string of the molecule is CCC(CC)(c1ccc(C=CC2(O)CCCC2)c(C)c1)c1ccc(OC[C@@H]2CCC(=O)O2)c(C)c1. The molecule has 0 aromatic heterocycles. The minimum Gasteiger partial charge on any atom is -0.489 e. The molecule has 0 spiro atoms. The fourth-order valence-electron chi connectivity index (χ4n) is 5.78. The zero-order chi connectivity index (χ0) is 25.1. The fourth-order valence-corrected chi connectivity index (χ4v) is 5.78. The van der Waals surface area contributed by atoms with Crippen molar-refractivity contribution in [2.24, 2.45) is 0 Å². The number of ether oxygens (including phenoxy) is 2. The molecular formula is C31H40O4. The molecule has 4 heteroatoms. The van der Waals surface area contributed by atoms with Crippen molar-refractivity contribution in [1.82, 2.24) is 0 Å². The van der Waals surface area contributed by atoms with E-state index in [1.807, 2.05) is 6.08 Å². The summed E-state index contributed by atoms with van der Waals surface area (Å²) in [5, 5.41) is 10.7. The van der Waals surface area contributed by atoms with Gasteiger partial charge in [0.05, 0.1) is 5.60 Å². The molecule has 1 N–H and O–H groups in total. The molecule has 2 aliphatic rings. The molecule has 0 radical (unpaired) electrons. The summed E-state index contributed by atoms with van der Waals surface area (Å²) in [6.07, 6.45) is 11.1. The summed E-state index contributed by atoms with van der Waals surface area (Å²) in [5.41, 5.74) is 5.39. The average molecular weight is 477 g/mol. The lowest BCUT2D eigenvalue weighted by Gasteiger charge is -2.34. The molecule has 1 heterocycles. The zero-order valence-electron chi connectivity index (χ0n) is 21.7. The Kier molecular flexibility index (Phi) is 7.70. The summed E-state index contributed by atoms with van der Waals surface area (Å²) < 4.78 is 11.3. The number of cyclic esters (lactones) is 1. The third kappa shape index (κ3) is 5.48. The van der Waals surface area contributed by atoms with Crippen LogP contribution in [0.15, 0.2) is 42.5 Å². The highest BCUT2D eigenvalue weighted by atomic mass is 16.6. The Hall–Kier alpha value is -2.59. The molecule has 1 aliphatic heterocycles. The monoisotopic (exact) mass is 476 g/mol. The Morgan fingerprint density at radius 3 is 2.29 bits per heavy atom. The van der Waals surface area contributed by atoms with Gasteiger partial charge in [0, 0.05) is 11.8 Å². The Labute approximate surface area is 210 Å². The van der Waals surface area contributed by atoms with Crippen molar-refractivity contribution in [3.8, 4) is 5.75 Å². The van der Waals surface area contributed by atoms with Gasteiger partial charge in [0.25, 0.3) is 0 Å². The molecule has 1 saturated heterocycles. The van der Waals surface area contributed by atoms with Crippen LogP contribution in [0.2, 0.25) is 0 Å². The molecule has 0 unspecified atom stereocenters. The molecule has 1 aliphatic carbocycles. The minimum absolute atomic E-state index is 0.0824.